The van der Waals surface area contributed by atoms with Crippen molar-refractivity contribution in [2.45, 2.75) is 17.6 Å². The van der Waals surface area contributed by atoms with Crippen molar-refractivity contribution >= 4 is 18.1 Å². The lowest BCUT2D eigenvalue weighted by Crippen LogP contribution is -2.04. The molecule has 120 valence electrons. The molecule has 0 saturated heterocycles. The number of benzene rings is 2. The lowest BCUT2D eigenvalue weighted by Gasteiger charge is -2.06. The molecular weight excluding hydrogens is 315 g/mol. The van der Waals surface area contributed by atoms with Crippen molar-refractivity contribution in [1.29, 1.82) is 0 Å². The Morgan fingerprint density at radius 2 is 1.45 bits per heavy atom. The molecule has 2 aromatic rings. The van der Waals surface area contributed by atoms with Gasteiger partial charge in [-0.05, 0) is 36.8 Å². The number of aromatic hydroxyl groups is 1. The average molecular weight is 332 g/mol. The van der Waals surface area contributed by atoms with Gasteiger partial charge in [0.05, 0.1) is 0 Å². The van der Waals surface area contributed by atoms with E-state index in [-0.39, 0.29) is 10.9 Å². The van der Waals surface area contributed by atoms with Crippen LogP contribution in [-0.2, 0) is 16.6 Å². The molecule has 7 heteroatoms. The number of halogens is 4. The van der Waals surface area contributed by atoms with Crippen LogP contribution in [0.15, 0.2) is 53.4 Å². The van der Waals surface area contributed by atoms with Crippen molar-refractivity contribution in [1.82, 2.24) is 0 Å². The molecule has 0 aliphatic heterocycles. The van der Waals surface area contributed by atoms with Gasteiger partial charge in [0.2, 0.25) is 0 Å². The minimum Gasteiger partial charge on any atom is -0.508 e. The highest BCUT2D eigenvalue weighted by molar-refractivity contribution is 7.95. The van der Waals surface area contributed by atoms with Crippen LogP contribution in [0.3, 0.4) is 0 Å². The van der Waals surface area contributed by atoms with Gasteiger partial charge in [-0.2, -0.15) is 0 Å². The molecule has 0 fully saturated rings. The Morgan fingerprint density at radius 3 is 1.95 bits per heavy atom. The summed E-state index contributed by atoms with van der Waals surface area (Å²) in [4.78, 5) is 1.30. The third-order valence-corrected chi connectivity index (χ3v) is 4.69. The van der Waals surface area contributed by atoms with E-state index in [0.717, 1.165) is 5.75 Å². The lowest BCUT2D eigenvalue weighted by atomic mass is 10.1. The summed E-state index contributed by atoms with van der Waals surface area (Å²) in [6.07, 6.45) is 2.25. The minimum absolute atomic E-state index is 0.186. The summed E-state index contributed by atoms with van der Waals surface area (Å²) in [5.74, 6) is 1.40. The van der Waals surface area contributed by atoms with E-state index < -0.39 is 7.25 Å². The van der Waals surface area contributed by atoms with E-state index in [2.05, 4.69) is 37.4 Å². The zero-order chi connectivity index (χ0) is 16.8. The van der Waals surface area contributed by atoms with Crippen LogP contribution < -0.4 is 0 Å². The Hall–Kier alpha value is -1.63. The molecule has 0 aliphatic rings. The maximum Gasteiger partial charge on any atom is 0.673 e. The topological polar surface area (TPSA) is 20.2 Å². The molecule has 0 aliphatic carbocycles. The molecule has 2 rings (SSSR count). The molecule has 0 saturated carbocycles. The fourth-order valence-corrected chi connectivity index (χ4v) is 3.32. The van der Waals surface area contributed by atoms with E-state index >= 15 is 0 Å². The Kier molecular flexibility index (Phi) is 6.80. The van der Waals surface area contributed by atoms with Gasteiger partial charge in [0.1, 0.15) is 17.8 Å². The fourth-order valence-electron chi connectivity index (χ4n) is 1.77. The maximum atomic E-state index is 9.75. The summed E-state index contributed by atoms with van der Waals surface area (Å²) in [5.41, 5.74) is 2.76. The zero-order valence-electron chi connectivity index (χ0n) is 12.3. The highest BCUT2D eigenvalue weighted by Gasteiger charge is 2.20. The van der Waals surface area contributed by atoms with Crippen LogP contribution in [0.5, 0.6) is 5.75 Å². The Morgan fingerprint density at radius 1 is 0.955 bits per heavy atom. The van der Waals surface area contributed by atoms with Crippen LogP contribution >= 0.6 is 0 Å². The molecule has 0 aromatic heterocycles. The molecule has 0 amide bonds. The predicted molar refractivity (Wildman–Crippen MR) is 84.7 cm³/mol. The summed E-state index contributed by atoms with van der Waals surface area (Å²) >= 11 is 0. The average Bonchev–Trinajstić information content (AvgIpc) is 2.40. The Labute approximate surface area is 130 Å². The largest absolute Gasteiger partial charge is 0.673 e. The molecule has 0 heterocycles. The first-order valence-corrected chi connectivity index (χ1v) is 8.30. The predicted octanol–water partition coefficient (Wildman–Crippen LogP) is 4.81. The third-order valence-electron chi connectivity index (χ3n) is 2.87. The van der Waals surface area contributed by atoms with Crippen LogP contribution in [0.1, 0.15) is 11.1 Å². The first-order chi connectivity index (χ1) is 10.2. The molecule has 1 unspecified atom stereocenters. The van der Waals surface area contributed by atoms with Gasteiger partial charge in [0.15, 0.2) is 4.90 Å². The van der Waals surface area contributed by atoms with E-state index in [0.29, 0.717) is 5.75 Å². The molecule has 22 heavy (non-hydrogen) atoms. The van der Waals surface area contributed by atoms with Crippen LogP contribution in [0.4, 0.5) is 17.3 Å². The van der Waals surface area contributed by atoms with Crippen molar-refractivity contribution in [3.8, 4) is 5.75 Å². The standard InChI is InChI=1S/C15H16OS.BF4/c1-12-5-3-4-6-13(12)11-17(2)15-9-7-14(16)8-10-15;2-1(3,4)5/h3-10H,11H2,1-2H3;/q;-1/p+1. The van der Waals surface area contributed by atoms with Crippen molar-refractivity contribution in [3.05, 3.63) is 59.7 Å². The summed E-state index contributed by atoms with van der Waals surface area (Å²) in [7, 11) is -5.81. The van der Waals surface area contributed by atoms with Crippen molar-refractivity contribution in [3.63, 3.8) is 0 Å². The van der Waals surface area contributed by atoms with Crippen LogP contribution in [0, 0.1) is 6.92 Å². The monoisotopic (exact) mass is 332 g/mol. The lowest BCUT2D eigenvalue weighted by molar-refractivity contribution is 0.368. The molecule has 1 atom stereocenters. The summed E-state index contributed by atoms with van der Waals surface area (Å²) in [5, 5.41) is 9.28. The highest BCUT2D eigenvalue weighted by atomic mass is 32.2. The second-order valence-electron chi connectivity index (χ2n) is 4.70. The fraction of sp³-hybridized carbons (Fsp3) is 0.200. The smallest absolute Gasteiger partial charge is 0.508 e. The van der Waals surface area contributed by atoms with Crippen LogP contribution in [0.25, 0.3) is 0 Å². The summed E-state index contributed by atoms with van der Waals surface area (Å²) in [6.45, 7) is 2.16. The number of phenolic OH excluding ortho intramolecular Hbond substituents is 1. The zero-order valence-corrected chi connectivity index (χ0v) is 13.1. The van der Waals surface area contributed by atoms with Gasteiger partial charge in [0.25, 0.3) is 0 Å². The summed E-state index contributed by atoms with van der Waals surface area (Å²) < 4.78 is 39.0. The number of rotatable bonds is 3. The molecule has 0 spiro atoms. The van der Waals surface area contributed by atoms with Crippen molar-refractivity contribution < 1.29 is 22.4 Å². The SMILES string of the molecule is Cc1ccccc1C[S+](C)c1ccc(O)cc1.F[B-](F)(F)F. The quantitative estimate of drug-likeness (QED) is 0.486. The highest BCUT2D eigenvalue weighted by Crippen LogP contribution is 2.20. The number of hydrogen-bond donors (Lipinski definition) is 1. The molecule has 2 aromatic carbocycles. The molecule has 1 N–H and O–H groups in total. The first kappa shape index (κ1) is 18.4. The molecule has 0 radical (unpaired) electrons. The van der Waals surface area contributed by atoms with Gasteiger partial charge in [-0.3, -0.25) is 0 Å². The maximum absolute atomic E-state index is 9.75. The van der Waals surface area contributed by atoms with Crippen molar-refractivity contribution in [2.75, 3.05) is 6.26 Å². The van der Waals surface area contributed by atoms with E-state index in [1.807, 2.05) is 12.1 Å². The number of aryl methyl sites for hydroxylation is 1. The van der Waals surface area contributed by atoms with Crippen molar-refractivity contribution in [2.24, 2.45) is 0 Å². The van der Waals surface area contributed by atoms with Crippen LogP contribution in [-0.4, -0.2) is 18.6 Å². The van der Waals surface area contributed by atoms with Gasteiger partial charge >= 0.3 is 7.25 Å². The molecule has 1 nitrogen and oxygen atoms in total. The van der Waals surface area contributed by atoms with Gasteiger partial charge in [-0.15, -0.1) is 0 Å². The van der Waals surface area contributed by atoms with Gasteiger partial charge in [-0.1, -0.05) is 24.3 Å². The van der Waals surface area contributed by atoms with E-state index in [1.165, 1.54) is 16.0 Å². The number of phenols is 1. The second-order valence-corrected chi connectivity index (χ2v) is 6.73. The third kappa shape index (κ3) is 7.40. The molecule has 0 bridgehead atoms. The van der Waals surface area contributed by atoms with Gasteiger partial charge in [-0.25, -0.2) is 0 Å². The Balaban J connectivity index is 0.000000422. The second kappa shape index (κ2) is 8.12. The van der Waals surface area contributed by atoms with E-state index in [1.54, 1.807) is 12.1 Å². The van der Waals surface area contributed by atoms with Gasteiger partial charge < -0.3 is 22.4 Å². The van der Waals surface area contributed by atoms with E-state index in [9.17, 15) is 22.4 Å². The molecular formula is C15H17BF4OS. The van der Waals surface area contributed by atoms with Crippen LogP contribution in [0.2, 0.25) is 0 Å². The Bertz CT molecular complexity index is 581. The number of hydrogen-bond acceptors (Lipinski definition) is 1. The van der Waals surface area contributed by atoms with Gasteiger partial charge in [0, 0.05) is 16.5 Å². The minimum atomic E-state index is -6.00. The normalized spacial score (nSPS) is 12.3. The first-order valence-electron chi connectivity index (χ1n) is 6.50. The summed E-state index contributed by atoms with van der Waals surface area (Å²) in [6, 6.07) is 16.1. The van der Waals surface area contributed by atoms with E-state index in [4.69, 9.17) is 0 Å².